The van der Waals surface area contributed by atoms with Gasteiger partial charge in [-0.15, -0.1) is 0 Å². The van der Waals surface area contributed by atoms with Crippen LogP contribution in [-0.4, -0.2) is 50.5 Å². The number of likely N-dealkylation sites (tertiary alicyclic amines) is 1. The van der Waals surface area contributed by atoms with Crippen molar-refractivity contribution in [2.45, 2.75) is 25.0 Å². The molecule has 2 bridgehead atoms. The molecule has 2 unspecified atom stereocenters. The fraction of sp³-hybridized carbons (Fsp3) is 1.00. The lowest BCUT2D eigenvalue weighted by Crippen LogP contribution is -2.37. The van der Waals surface area contributed by atoms with Crippen LogP contribution >= 0.6 is 0 Å². The van der Waals surface area contributed by atoms with Crippen LogP contribution in [0.15, 0.2) is 0 Å². The summed E-state index contributed by atoms with van der Waals surface area (Å²) in [7, 11) is 1.76. The van der Waals surface area contributed by atoms with Crippen molar-refractivity contribution in [2.24, 2.45) is 0 Å². The van der Waals surface area contributed by atoms with Crippen molar-refractivity contribution in [3.63, 3.8) is 0 Å². The summed E-state index contributed by atoms with van der Waals surface area (Å²) in [6, 6.07) is 0.715. The number of fused-ring (bicyclic) bond motifs is 2. The van der Waals surface area contributed by atoms with E-state index in [4.69, 9.17) is 9.47 Å². The fourth-order valence-electron chi connectivity index (χ4n) is 2.16. The largest absolute Gasteiger partial charge is 0.385 e. The van der Waals surface area contributed by atoms with Crippen LogP contribution in [0.3, 0.4) is 0 Å². The number of morpholine rings is 1. The summed E-state index contributed by atoms with van der Waals surface area (Å²) in [5.74, 6) is 0. The van der Waals surface area contributed by atoms with Crippen LogP contribution in [0.25, 0.3) is 0 Å². The molecule has 0 aromatic heterocycles. The van der Waals surface area contributed by atoms with Gasteiger partial charge in [-0.2, -0.15) is 0 Å². The molecule has 3 nitrogen and oxygen atoms in total. The summed E-state index contributed by atoms with van der Waals surface area (Å²) in [5, 5.41) is 0. The summed E-state index contributed by atoms with van der Waals surface area (Å²) < 4.78 is 10.5. The van der Waals surface area contributed by atoms with Gasteiger partial charge in [0.05, 0.1) is 12.7 Å². The third-order valence-corrected chi connectivity index (χ3v) is 2.81. The second kappa shape index (κ2) is 3.73. The highest BCUT2D eigenvalue weighted by atomic mass is 16.5. The third kappa shape index (κ3) is 1.63. The number of hydrogen-bond donors (Lipinski definition) is 0. The Balaban J connectivity index is 1.69. The highest BCUT2D eigenvalue weighted by molar-refractivity contribution is 4.91. The van der Waals surface area contributed by atoms with E-state index in [-0.39, 0.29) is 0 Å². The molecule has 2 heterocycles. The van der Waals surface area contributed by atoms with E-state index in [0.29, 0.717) is 12.1 Å². The Bertz CT molecular complexity index is 151. The average molecular weight is 171 g/mol. The minimum Gasteiger partial charge on any atom is -0.385 e. The van der Waals surface area contributed by atoms with Gasteiger partial charge in [0.1, 0.15) is 0 Å². The Morgan fingerprint density at radius 3 is 3.08 bits per heavy atom. The normalized spacial score (nSPS) is 34.8. The Morgan fingerprint density at radius 1 is 1.58 bits per heavy atom. The van der Waals surface area contributed by atoms with Gasteiger partial charge in [0, 0.05) is 32.8 Å². The second-order valence-electron chi connectivity index (χ2n) is 3.69. The highest BCUT2D eigenvalue weighted by Gasteiger charge is 2.38. The van der Waals surface area contributed by atoms with Crippen molar-refractivity contribution in [3.05, 3.63) is 0 Å². The monoisotopic (exact) mass is 171 g/mol. The van der Waals surface area contributed by atoms with Crippen LogP contribution in [0.2, 0.25) is 0 Å². The van der Waals surface area contributed by atoms with Crippen molar-refractivity contribution >= 4 is 0 Å². The fourth-order valence-corrected chi connectivity index (χ4v) is 2.16. The maximum Gasteiger partial charge on any atom is 0.0718 e. The van der Waals surface area contributed by atoms with E-state index in [9.17, 15) is 0 Å². The van der Waals surface area contributed by atoms with Crippen molar-refractivity contribution in [3.8, 4) is 0 Å². The Labute approximate surface area is 73.6 Å². The van der Waals surface area contributed by atoms with Gasteiger partial charge in [-0.1, -0.05) is 0 Å². The van der Waals surface area contributed by atoms with Crippen molar-refractivity contribution in [1.82, 2.24) is 4.90 Å². The zero-order valence-corrected chi connectivity index (χ0v) is 7.66. The third-order valence-electron chi connectivity index (χ3n) is 2.81. The van der Waals surface area contributed by atoms with Gasteiger partial charge in [-0.05, 0) is 12.8 Å². The minimum atomic E-state index is 0.539. The van der Waals surface area contributed by atoms with E-state index in [1.807, 2.05) is 0 Å². The van der Waals surface area contributed by atoms with Gasteiger partial charge >= 0.3 is 0 Å². The van der Waals surface area contributed by atoms with Crippen LogP contribution < -0.4 is 0 Å². The zero-order valence-electron chi connectivity index (χ0n) is 7.66. The number of rotatable bonds is 4. The molecule has 0 amide bonds. The maximum atomic E-state index is 5.52. The number of nitrogens with zero attached hydrogens (tertiary/aromatic N) is 1. The molecular formula is C9H17NO2. The average Bonchev–Trinajstić information content (AvgIpc) is 2.65. The standard InChI is InChI=1S/C9H17NO2/c1-11-4-2-3-10-6-9-5-8(10)7-12-9/h8-9H,2-7H2,1H3. The smallest absolute Gasteiger partial charge is 0.0718 e. The SMILES string of the molecule is COCCCN1CC2CC1CO2. The topological polar surface area (TPSA) is 21.7 Å². The molecule has 0 aromatic carbocycles. The zero-order chi connectivity index (χ0) is 8.39. The number of hydrogen-bond acceptors (Lipinski definition) is 3. The Morgan fingerprint density at radius 2 is 2.50 bits per heavy atom. The van der Waals surface area contributed by atoms with E-state index in [0.717, 1.165) is 26.2 Å². The van der Waals surface area contributed by atoms with Crippen LogP contribution in [0.1, 0.15) is 12.8 Å². The van der Waals surface area contributed by atoms with Crippen LogP contribution in [0.4, 0.5) is 0 Å². The molecule has 2 atom stereocenters. The molecule has 0 aromatic rings. The quantitative estimate of drug-likeness (QED) is 0.575. The lowest BCUT2D eigenvalue weighted by molar-refractivity contribution is 0.0274. The van der Waals surface area contributed by atoms with Crippen molar-refractivity contribution in [2.75, 3.05) is 33.4 Å². The summed E-state index contributed by atoms with van der Waals surface area (Å²) in [6.07, 6.45) is 2.95. The van der Waals surface area contributed by atoms with Gasteiger partial charge in [-0.3, -0.25) is 4.90 Å². The van der Waals surface area contributed by atoms with Crippen molar-refractivity contribution in [1.29, 1.82) is 0 Å². The van der Waals surface area contributed by atoms with Crippen molar-refractivity contribution < 1.29 is 9.47 Å². The Kier molecular flexibility index (Phi) is 2.63. The molecule has 0 radical (unpaired) electrons. The predicted molar refractivity (Wildman–Crippen MR) is 46.2 cm³/mol. The van der Waals surface area contributed by atoms with Gasteiger partial charge in [0.15, 0.2) is 0 Å². The first-order chi connectivity index (χ1) is 5.90. The van der Waals surface area contributed by atoms with E-state index in [1.165, 1.54) is 13.0 Å². The second-order valence-corrected chi connectivity index (χ2v) is 3.69. The first kappa shape index (κ1) is 8.48. The molecule has 2 saturated heterocycles. The summed E-state index contributed by atoms with van der Waals surface area (Å²) in [6.45, 7) is 4.17. The van der Waals surface area contributed by atoms with Crippen LogP contribution in [-0.2, 0) is 9.47 Å². The number of ether oxygens (including phenoxy) is 2. The van der Waals surface area contributed by atoms with Gasteiger partial charge in [-0.25, -0.2) is 0 Å². The molecule has 70 valence electrons. The first-order valence-electron chi connectivity index (χ1n) is 4.74. The van der Waals surface area contributed by atoms with E-state index < -0.39 is 0 Å². The summed E-state index contributed by atoms with van der Waals surface area (Å²) in [5.41, 5.74) is 0. The van der Waals surface area contributed by atoms with Crippen LogP contribution in [0.5, 0.6) is 0 Å². The molecule has 2 fully saturated rings. The molecular weight excluding hydrogens is 154 g/mol. The predicted octanol–water partition coefficient (Wildman–Crippen LogP) is 0.496. The Hall–Kier alpha value is -0.120. The molecule has 0 aliphatic carbocycles. The highest BCUT2D eigenvalue weighted by Crippen LogP contribution is 2.27. The molecule has 2 rings (SSSR count). The molecule has 2 aliphatic rings. The lowest BCUT2D eigenvalue weighted by Gasteiger charge is -2.26. The molecule has 0 spiro atoms. The van der Waals surface area contributed by atoms with E-state index in [1.54, 1.807) is 7.11 Å². The molecule has 2 aliphatic heterocycles. The van der Waals surface area contributed by atoms with Crippen LogP contribution in [0, 0.1) is 0 Å². The number of methoxy groups -OCH3 is 1. The molecule has 3 heteroatoms. The molecule has 0 N–H and O–H groups in total. The lowest BCUT2D eigenvalue weighted by atomic mass is 10.2. The minimum absolute atomic E-state index is 0.539. The first-order valence-corrected chi connectivity index (χ1v) is 4.74. The molecule has 0 saturated carbocycles. The van der Waals surface area contributed by atoms with E-state index in [2.05, 4.69) is 4.90 Å². The van der Waals surface area contributed by atoms with Gasteiger partial charge in [0.2, 0.25) is 0 Å². The van der Waals surface area contributed by atoms with Gasteiger partial charge < -0.3 is 9.47 Å². The van der Waals surface area contributed by atoms with E-state index >= 15 is 0 Å². The maximum absolute atomic E-state index is 5.52. The van der Waals surface area contributed by atoms with Gasteiger partial charge in [0.25, 0.3) is 0 Å². The summed E-state index contributed by atoms with van der Waals surface area (Å²) >= 11 is 0. The summed E-state index contributed by atoms with van der Waals surface area (Å²) in [4.78, 5) is 2.53. The molecule has 12 heavy (non-hydrogen) atoms.